The average molecular weight is 375 g/mol. The van der Waals surface area contributed by atoms with E-state index in [1.165, 1.54) is 5.56 Å². The van der Waals surface area contributed by atoms with Crippen molar-refractivity contribution in [3.8, 4) is 0 Å². The van der Waals surface area contributed by atoms with E-state index in [0.29, 0.717) is 12.0 Å². The van der Waals surface area contributed by atoms with E-state index < -0.39 is 0 Å². The van der Waals surface area contributed by atoms with Crippen molar-refractivity contribution in [2.45, 2.75) is 52.7 Å². The summed E-state index contributed by atoms with van der Waals surface area (Å²) in [7, 11) is 0. The molecule has 2 rings (SSSR count). The van der Waals surface area contributed by atoms with Crippen LogP contribution in [0.15, 0.2) is 35.3 Å². The van der Waals surface area contributed by atoms with Crippen LogP contribution in [-0.2, 0) is 11.3 Å². The van der Waals surface area contributed by atoms with Crippen molar-refractivity contribution in [1.29, 1.82) is 0 Å². The second-order valence-corrected chi connectivity index (χ2v) is 7.73. The monoisotopic (exact) mass is 374 g/mol. The summed E-state index contributed by atoms with van der Waals surface area (Å²) in [6.07, 6.45) is 3.70. The van der Waals surface area contributed by atoms with Gasteiger partial charge < -0.3 is 15.4 Å². The Bertz CT molecular complexity index is 524. The molecule has 5 nitrogen and oxygen atoms in total. The highest BCUT2D eigenvalue weighted by Crippen LogP contribution is 2.16. The molecule has 0 aromatic heterocycles. The number of guanidine groups is 1. The van der Waals surface area contributed by atoms with Crippen molar-refractivity contribution in [2.75, 3.05) is 39.3 Å². The molecule has 1 aliphatic rings. The Balaban J connectivity index is 1.55. The van der Waals surface area contributed by atoms with Gasteiger partial charge in [0.1, 0.15) is 0 Å². The second-order valence-electron chi connectivity index (χ2n) is 7.73. The van der Waals surface area contributed by atoms with Gasteiger partial charge in [0, 0.05) is 45.9 Å². The zero-order chi connectivity index (χ0) is 19.3. The number of hydrogen-bond acceptors (Lipinski definition) is 3. The summed E-state index contributed by atoms with van der Waals surface area (Å²) in [5, 5.41) is 6.69. The van der Waals surface area contributed by atoms with Gasteiger partial charge >= 0.3 is 0 Å². The molecule has 0 radical (unpaired) electrons. The smallest absolute Gasteiger partial charge is 0.191 e. The minimum absolute atomic E-state index is 0.417. The van der Waals surface area contributed by atoms with Crippen molar-refractivity contribution < 1.29 is 4.74 Å². The minimum Gasteiger partial charge on any atom is -0.378 e. The van der Waals surface area contributed by atoms with Crippen LogP contribution in [0.1, 0.15) is 45.6 Å². The highest BCUT2D eigenvalue weighted by Gasteiger charge is 2.19. The van der Waals surface area contributed by atoms with Gasteiger partial charge in [0.05, 0.1) is 6.10 Å². The first kappa shape index (κ1) is 21.7. The van der Waals surface area contributed by atoms with Crippen LogP contribution in [-0.4, -0.2) is 56.3 Å². The van der Waals surface area contributed by atoms with E-state index in [2.05, 4.69) is 71.6 Å². The van der Waals surface area contributed by atoms with Gasteiger partial charge in [0.25, 0.3) is 0 Å². The number of nitrogens with one attached hydrogen (secondary N) is 2. The van der Waals surface area contributed by atoms with E-state index >= 15 is 0 Å². The van der Waals surface area contributed by atoms with Gasteiger partial charge in [-0.1, -0.05) is 44.2 Å². The summed E-state index contributed by atoms with van der Waals surface area (Å²) in [4.78, 5) is 7.12. The molecule has 2 N–H and O–H groups in total. The van der Waals surface area contributed by atoms with Crippen molar-refractivity contribution in [1.82, 2.24) is 15.5 Å². The molecule has 27 heavy (non-hydrogen) atoms. The molecule has 1 fully saturated rings. The first-order valence-corrected chi connectivity index (χ1v) is 10.6. The Kier molecular flexibility index (Phi) is 10.2. The molecule has 0 unspecified atom stereocenters. The second kappa shape index (κ2) is 12.7. The first-order chi connectivity index (χ1) is 13.2. The highest BCUT2D eigenvalue weighted by atomic mass is 16.5. The van der Waals surface area contributed by atoms with Crippen molar-refractivity contribution in [2.24, 2.45) is 10.9 Å². The molecule has 1 aliphatic heterocycles. The number of piperidine rings is 1. The van der Waals surface area contributed by atoms with Gasteiger partial charge in [-0.25, -0.2) is 0 Å². The number of benzene rings is 1. The maximum atomic E-state index is 6.09. The third-order valence-corrected chi connectivity index (χ3v) is 4.71. The zero-order valence-electron chi connectivity index (χ0n) is 17.4. The summed E-state index contributed by atoms with van der Waals surface area (Å²) in [6, 6.07) is 10.7. The lowest BCUT2D eigenvalue weighted by atomic mass is 10.1. The van der Waals surface area contributed by atoms with Crippen LogP contribution in [0.5, 0.6) is 0 Å². The molecule has 1 saturated heterocycles. The molecule has 1 aromatic rings. The largest absolute Gasteiger partial charge is 0.378 e. The van der Waals surface area contributed by atoms with Crippen LogP contribution in [0.2, 0.25) is 0 Å². The van der Waals surface area contributed by atoms with Crippen LogP contribution in [0, 0.1) is 5.92 Å². The normalized spacial score (nSPS) is 16.7. The fourth-order valence-electron chi connectivity index (χ4n) is 3.22. The van der Waals surface area contributed by atoms with Crippen LogP contribution in [0.25, 0.3) is 0 Å². The highest BCUT2D eigenvalue weighted by molar-refractivity contribution is 5.79. The zero-order valence-corrected chi connectivity index (χ0v) is 17.4. The fraction of sp³-hybridized carbons (Fsp3) is 0.682. The predicted octanol–water partition coefficient (Wildman–Crippen LogP) is 3.27. The lowest BCUT2D eigenvalue weighted by molar-refractivity contribution is 0.00534. The van der Waals surface area contributed by atoms with Crippen molar-refractivity contribution >= 4 is 5.96 Å². The number of rotatable bonds is 10. The van der Waals surface area contributed by atoms with Crippen molar-refractivity contribution in [3.63, 3.8) is 0 Å². The minimum atomic E-state index is 0.417. The Labute approximate surface area is 165 Å². The topological polar surface area (TPSA) is 48.9 Å². The Hall–Kier alpha value is -1.59. The van der Waals surface area contributed by atoms with E-state index in [0.717, 1.165) is 71.1 Å². The molecule has 1 aromatic carbocycles. The summed E-state index contributed by atoms with van der Waals surface area (Å²) in [5.41, 5.74) is 1.40. The Morgan fingerprint density at radius 1 is 1.19 bits per heavy atom. The van der Waals surface area contributed by atoms with Crippen molar-refractivity contribution in [3.05, 3.63) is 35.9 Å². The van der Waals surface area contributed by atoms with Crippen LogP contribution in [0.4, 0.5) is 0 Å². The number of likely N-dealkylation sites (tertiary alicyclic amines) is 1. The summed E-state index contributed by atoms with van der Waals surface area (Å²) in [5.74, 6) is 1.50. The molecule has 0 amide bonds. The number of aliphatic imine (C=N–C) groups is 1. The van der Waals surface area contributed by atoms with E-state index in [1.54, 1.807) is 0 Å². The fourth-order valence-corrected chi connectivity index (χ4v) is 3.22. The van der Waals surface area contributed by atoms with Gasteiger partial charge in [-0.15, -0.1) is 0 Å². The molecular weight excluding hydrogens is 336 g/mol. The van der Waals surface area contributed by atoms with E-state index in [-0.39, 0.29) is 0 Å². The third kappa shape index (κ3) is 9.25. The molecule has 0 saturated carbocycles. The maximum Gasteiger partial charge on any atom is 0.191 e. The Morgan fingerprint density at radius 2 is 1.93 bits per heavy atom. The number of ether oxygens (including phenoxy) is 1. The molecule has 0 aliphatic carbocycles. The average Bonchev–Trinajstić information content (AvgIpc) is 2.68. The van der Waals surface area contributed by atoms with Crippen LogP contribution in [0.3, 0.4) is 0 Å². The molecule has 1 heterocycles. The lowest BCUT2D eigenvalue weighted by Gasteiger charge is -2.32. The maximum absolute atomic E-state index is 6.09. The van der Waals surface area contributed by atoms with Gasteiger partial charge in [0.15, 0.2) is 5.96 Å². The number of hydrogen-bond donors (Lipinski definition) is 2. The molecule has 0 bridgehead atoms. The molecular formula is C22H38N4O. The lowest BCUT2D eigenvalue weighted by Crippen LogP contribution is -2.39. The Morgan fingerprint density at radius 3 is 2.59 bits per heavy atom. The van der Waals surface area contributed by atoms with E-state index in [9.17, 15) is 0 Å². The van der Waals surface area contributed by atoms with Gasteiger partial charge in [-0.2, -0.15) is 0 Å². The van der Waals surface area contributed by atoms with Crippen LogP contribution < -0.4 is 10.6 Å². The standard InChI is InChI=1S/C22H38N4O/c1-4-23-22(25-17-19(2)3)24-13-8-16-27-21-11-14-26(15-12-21)18-20-9-6-5-7-10-20/h5-7,9-10,19,21H,4,8,11-18H2,1-3H3,(H2,23,24,25). The summed E-state index contributed by atoms with van der Waals surface area (Å²) < 4.78 is 6.09. The molecule has 5 heteroatoms. The van der Waals surface area contributed by atoms with Crippen LogP contribution >= 0.6 is 0 Å². The van der Waals surface area contributed by atoms with E-state index in [1.807, 2.05) is 0 Å². The molecule has 152 valence electrons. The number of nitrogens with zero attached hydrogens (tertiary/aromatic N) is 2. The molecule has 0 atom stereocenters. The SMILES string of the molecule is CCNC(=NCC(C)C)NCCCOC1CCN(Cc2ccccc2)CC1. The summed E-state index contributed by atoms with van der Waals surface area (Å²) >= 11 is 0. The predicted molar refractivity (Wildman–Crippen MR) is 114 cm³/mol. The quantitative estimate of drug-likeness (QED) is 0.375. The van der Waals surface area contributed by atoms with Gasteiger partial charge in [-0.3, -0.25) is 9.89 Å². The third-order valence-electron chi connectivity index (χ3n) is 4.71. The molecule has 0 spiro atoms. The summed E-state index contributed by atoms with van der Waals surface area (Å²) in [6.45, 7) is 13.2. The van der Waals surface area contributed by atoms with Gasteiger partial charge in [0.2, 0.25) is 0 Å². The first-order valence-electron chi connectivity index (χ1n) is 10.6. The van der Waals surface area contributed by atoms with E-state index in [4.69, 9.17) is 4.74 Å². The van der Waals surface area contributed by atoms with Gasteiger partial charge in [-0.05, 0) is 37.7 Å².